The lowest BCUT2D eigenvalue weighted by Crippen LogP contribution is -2.17. The number of anilines is 3. The molecule has 0 saturated carbocycles. The molecule has 0 heterocycles. The Balaban J connectivity index is 1.92. The fraction of sp³-hybridized carbons (Fsp3) is 0.211. The van der Waals surface area contributed by atoms with Crippen LogP contribution in [0.3, 0.4) is 0 Å². The van der Waals surface area contributed by atoms with Crippen LogP contribution in [0.5, 0.6) is 0 Å². The number of para-hydroxylation sites is 1. The lowest BCUT2D eigenvalue weighted by Gasteiger charge is -2.13. The van der Waals surface area contributed by atoms with Crippen LogP contribution in [0.2, 0.25) is 0 Å². The average molecular weight is 294 g/mol. The average Bonchev–Trinajstić information content (AvgIpc) is 2.49. The lowest BCUT2D eigenvalue weighted by molar-refractivity contribution is -0.121. The molecule has 0 radical (unpaired) electrons. The van der Waals surface area contributed by atoms with Crippen molar-refractivity contribution in [1.82, 2.24) is 0 Å². The summed E-state index contributed by atoms with van der Waals surface area (Å²) in [7, 11) is 0. The molecule has 2 aromatic carbocycles. The molecule has 22 heavy (non-hydrogen) atoms. The van der Waals surface area contributed by atoms with E-state index in [1.165, 1.54) is 0 Å². The number of hydrogen-bond donors (Lipinski definition) is 2. The minimum atomic E-state index is -0.346. The summed E-state index contributed by atoms with van der Waals surface area (Å²) in [5.74, 6) is 0.0994. The Bertz CT molecular complexity index is 637. The Hall–Kier alpha value is -2.55. The molecule has 2 rings (SSSR count). The highest BCUT2D eigenvalue weighted by molar-refractivity contribution is 5.94. The Morgan fingerprint density at radius 2 is 1.41 bits per heavy atom. The summed E-state index contributed by atoms with van der Waals surface area (Å²) >= 11 is 0. The monoisotopic (exact) mass is 294 g/mol. The van der Waals surface area contributed by atoms with Gasteiger partial charge < -0.3 is 10.6 Å². The van der Waals surface area contributed by atoms with Crippen LogP contribution in [0, 0.1) is 5.41 Å². The van der Waals surface area contributed by atoms with E-state index in [1.54, 1.807) is 12.3 Å². The molecule has 0 spiro atoms. The molecular formula is C19H22N2O. The first-order valence-corrected chi connectivity index (χ1v) is 7.35. The maximum atomic E-state index is 11.8. The van der Waals surface area contributed by atoms with Gasteiger partial charge in [0.05, 0.1) is 0 Å². The van der Waals surface area contributed by atoms with Gasteiger partial charge in [-0.15, -0.1) is 0 Å². The van der Waals surface area contributed by atoms with Crippen LogP contribution in [-0.4, -0.2) is 5.78 Å². The standard InChI is InChI=1S/C19H22N2O/c1-19(2,3)18(22)13-14-20-15-9-11-17(12-10-15)21-16-7-5-4-6-8-16/h4-14,20-21H,1-3H3/b14-13+. The molecule has 0 aliphatic heterocycles. The molecule has 0 aromatic heterocycles. The molecule has 3 heteroatoms. The van der Waals surface area contributed by atoms with Gasteiger partial charge in [0.2, 0.25) is 0 Å². The second kappa shape index (κ2) is 6.94. The topological polar surface area (TPSA) is 41.1 Å². The molecule has 0 amide bonds. The van der Waals surface area contributed by atoms with Gasteiger partial charge in [-0.25, -0.2) is 0 Å². The highest BCUT2D eigenvalue weighted by Crippen LogP contribution is 2.19. The first-order chi connectivity index (χ1) is 10.4. The summed E-state index contributed by atoms with van der Waals surface area (Å²) < 4.78 is 0. The largest absolute Gasteiger partial charge is 0.362 e. The van der Waals surface area contributed by atoms with Crippen molar-refractivity contribution in [3.63, 3.8) is 0 Å². The van der Waals surface area contributed by atoms with Gasteiger partial charge >= 0.3 is 0 Å². The van der Waals surface area contributed by atoms with Crippen molar-refractivity contribution in [2.24, 2.45) is 5.41 Å². The van der Waals surface area contributed by atoms with E-state index >= 15 is 0 Å². The SMILES string of the molecule is CC(C)(C)C(=O)/C=C/Nc1ccc(Nc2ccccc2)cc1. The fourth-order valence-electron chi connectivity index (χ4n) is 1.80. The van der Waals surface area contributed by atoms with Crippen LogP contribution in [-0.2, 0) is 4.79 Å². The van der Waals surface area contributed by atoms with E-state index in [-0.39, 0.29) is 11.2 Å². The Morgan fingerprint density at radius 1 is 0.864 bits per heavy atom. The van der Waals surface area contributed by atoms with E-state index in [0.717, 1.165) is 17.1 Å². The van der Waals surface area contributed by atoms with Gasteiger partial charge in [-0.05, 0) is 42.5 Å². The van der Waals surface area contributed by atoms with Crippen LogP contribution in [0.1, 0.15) is 20.8 Å². The first-order valence-electron chi connectivity index (χ1n) is 7.35. The predicted molar refractivity (Wildman–Crippen MR) is 93.4 cm³/mol. The number of allylic oxidation sites excluding steroid dienone is 1. The molecule has 0 unspecified atom stereocenters. The molecular weight excluding hydrogens is 272 g/mol. The van der Waals surface area contributed by atoms with Gasteiger partial charge in [-0.3, -0.25) is 4.79 Å². The van der Waals surface area contributed by atoms with Gasteiger partial charge in [0.1, 0.15) is 0 Å². The van der Waals surface area contributed by atoms with E-state index in [4.69, 9.17) is 0 Å². The molecule has 0 aliphatic rings. The molecule has 0 saturated heterocycles. The van der Waals surface area contributed by atoms with Crippen molar-refractivity contribution in [3.05, 3.63) is 66.9 Å². The number of nitrogens with one attached hydrogen (secondary N) is 2. The fourth-order valence-corrected chi connectivity index (χ4v) is 1.80. The highest BCUT2D eigenvalue weighted by atomic mass is 16.1. The summed E-state index contributed by atoms with van der Waals surface area (Å²) in [4.78, 5) is 11.8. The quantitative estimate of drug-likeness (QED) is 0.765. The smallest absolute Gasteiger partial charge is 0.162 e. The molecule has 0 fully saturated rings. The molecule has 0 aliphatic carbocycles. The lowest BCUT2D eigenvalue weighted by atomic mass is 9.91. The number of ketones is 1. The third kappa shape index (κ3) is 4.77. The molecule has 2 N–H and O–H groups in total. The van der Waals surface area contributed by atoms with Crippen LogP contribution >= 0.6 is 0 Å². The third-order valence-corrected chi connectivity index (χ3v) is 3.17. The Labute approximate surface area is 132 Å². The van der Waals surface area contributed by atoms with Gasteiger partial charge in [-0.2, -0.15) is 0 Å². The molecule has 114 valence electrons. The van der Waals surface area contributed by atoms with Crippen molar-refractivity contribution in [2.75, 3.05) is 10.6 Å². The van der Waals surface area contributed by atoms with Gasteiger partial charge in [0.25, 0.3) is 0 Å². The van der Waals surface area contributed by atoms with Crippen molar-refractivity contribution in [1.29, 1.82) is 0 Å². The van der Waals surface area contributed by atoms with Crippen molar-refractivity contribution >= 4 is 22.8 Å². The van der Waals surface area contributed by atoms with E-state index in [1.807, 2.05) is 75.4 Å². The van der Waals surface area contributed by atoms with E-state index in [2.05, 4.69) is 10.6 Å². The van der Waals surface area contributed by atoms with Crippen molar-refractivity contribution in [3.8, 4) is 0 Å². The number of benzene rings is 2. The maximum absolute atomic E-state index is 11.8. The number of carbonyl (C=O) groups excluding carboxylic acids is 1. The Morgan fingerprint density at radius 3 is 2.00 bits per heavy atom. The normalized spacial score (nSPS) is 11.4. The Kier molecular flexibility index (Phi) is 4.99. The van der Waals surface area contributed by atoms with Gasteiger partial charge in [0.15, 0.2) is 5.78 Å². The maximum Gasteiger partial charge on any atom is 0.162 e. The second-order valence-electron chi connectivity index (χ2n) is 6.16. The predicted octanol–water partition coefficient (Wildman–Crippen LogP) is 4.97. The number of hydrogen-bond acceptors (Lipinski definition) is 3. The van der Waals surface area contributed by atoms with Crippen molar-refractivity contribution in [2.45, 2.75) is 20.8 Å². The molecule has 0 bridgehead atoms. The summed E-state index contributed by atoms with van der Waals surface area (Å²) in [6.45, 7) is 5.72. The number of carbonyl (C=O) groups is 1. The minimum Gasteiger partial charge on any atom is -0.362 e. The zero-order chi connectivity index (χ0) is 16.0. The van der Waals surface area contributed by atoms with E-state index in [0.29, 0.717) is 0 Å². The van der Waals surface area contributed by atoms with E-state index < -0.39 is 0 Å². The first kappa shape index (κ1) is 15.8. The highest BCUT2D eigenvalue weighted by Gasteiger charge is 2.17. The molecule has 0 atom stereocenters. The summed E-state index contributed by atoms with van der Waals surface area (Å²) in [6, 6.07) is 18.0. The van der Waals surface area contributed by atoms with E-state index in [9.17, 15) is 4.79 Å². The number of rotatable bonds is 5. The van der Waals surface area contributed by atoms with Crippen LogP contribution in [0.4, 0.5) is 17.1 Å². The zero-order valence-corrected chi connectivity index (χ0v) is 13.3. The zero-order valence-electron chi connectivity index (χ0n) is 13.3. The second-order valence-corrected chi connectivity index (χ2v) is 6.16. The minimum absolute atomic E-state index is 0.0994. The van der Waals surface area contributed by atoms with Crippen LogP contribution in [0.25, 0.3) is 0 Å². The summed E-state index contributed by atoms with van der Waals surface area (Å²) in [6.07, 6.45) is 3.27. The van der Waals surface area contributed by atoms with Gasteiger partial charge in [-0.1, -0.05) is 39.0 Å². The molecule has 2 aromatic rings. The summed E-state index contributed by atoms with van der Waals surface area (Å²) in [5.41, 5.74) is 2.67. The van der Waals surface area contributed by atoms with Crippen LogP contribution < -0.4 is 10.6 Å². The third-order valence-electron chi connectivity index (χ3n) is 3.17. The van der Waals surface area contributed by atoms with Crippen molar-refractivity contribution < 1.29 is 4.79 Å². The summed E-state index contributed by atoms with van der Waals surface area (Å²) in [5, 5.41) is 6.43. The van der Waals surface area contributed by atoms with Gasteiger partial charge in [0, 0.05) is 28.7 Å². The molecule has 3 nitrogen and oxygen atoms in total. The van der Waals surface area contributed by atoms with Crippen LogP contribution in [0.15, 0.2) is 66.9 Å².